The molecule has 8 heteroatoms. The molecule has 1 aromatic carbocycles. The summed E-state index contributed by atoms with van der Waals surface area (Å²) < 4.78 is 1.96. The molecular formula is C22H19N5O2S. The van der Waals surface area contributed by atoms with Crippen molar-refractivity contribution in [1.82, 2.24) is 19.7 Å². The minimum absolute atomic E-state index is 0.263. The molecule has 1 N–H and O–H groups in total. The Morgan fingerprint density at radius 1 is 1.03 bits per heavy atom. The maximum atomic E-state index is 12.8. The molecule has 1 amide bonds. The van der Waals surface area contributed by atoms with E-state index in [0.717, 1.165) is 22.5 Å². The number of carbonyl (C=O) groups excluding carboxylic acids is 2. The van der Waals surface area contributed by atoms with Gasteiger partial charge in [0.1, 0.15) is 0 Å². The van der Waals surface area contributed by atoms with Crippen molar-refractivity contribution < 1.29 is 9.59 Å². The van der Waals surface area contributed by atoms with E-state index in [1.165, 1.54) is 11.3 Å². The second kappa shape index (κ2) is 8.00. The topological polar surface area (TPSA) is 89.8 Å². The molecule has 4 rings (SSSR count). The van der Waals surface area contributed by atoms with Crippen LogP contribution in [0.3, 0.4) is 0 Å². The summed E-state index contributed by atoms with van der Waals surface area (Å²) in [5, 5.41) is 11.5. The molecule has 0 saturated carbocycles. The first-order valence-electron chi connectivity index (χ1n) is 9.29. The third-order valence-electron chi connectivity index (χ3n) is 4.73. The van der Waals surface area contributed by atoms with Gasteiger partial charge in [-0.25, -0.2) is 0 Å². The molecule has 0 bridgehead atoms. The number of hydrogen-bond acceptors (Lipinski definition) is 6. The fraction of sp³-hybridized carbons (Fsp3) is 0.136. The number of aryl methyl sites for hydroxylation is 2. The van der Waals surface area contributed by atoms with Crippen molar-refractivity contribution >= 4 is 28.2 Å². The molecular weight excluding hydrogens is 398 g/mol. The van der Waals surface area contributed by atoms with Gasteiger partial charge < -0.3 is 4.57 Å². The summed E-state index contributed by atoms with van der Waals surface area (Å²) in [5.74, 6) is -1.35. The average molecular weight is 417 g/mol. The number of amides is 1. The van der Waals surface area contributed by atoms with Crippen LogP contribution in [0.2, 0.25) is 0 Å². The fourth-order valence-corrected chi connectivity index (χ4v) is 3.97. The second-order valence-electron chi connectivity index (χ2n) is 6.89. The Kier molecular flexibility index (Phi) is 5.24. The van der Waals surface area contributed by atoms with Gasteiger partial charge in [-0.15, -0.1) is 10.2 Å². The third kappa shape index (κ3) is 3.77. The molecule has 0 aliphatic heterocycles. The summed E-state index contributed by atoms with van der Waals surface area (Å²) in [7, 11) is 0. The average Bonchev–Trinajstić information content (AvgIpc) is 3.33. The van der Waals surface area contributed by atoms with Gasteiger partial charge in [-0.05, 0) is 51.1 Å². The van der Waals surface area contributed by atoms with E-state index in [1.807, 2.05) is 55.7 Å². The smallest absolute Gasteiger partial charge is 0.298 e. The zero-order chi connectivity index (χ0) is 21.3. The summed E-state index contributed by atoms with van der Waals surface area (Å²) in [6, 6.07) is 13.4. The minimum atomic E-state index is -0.743. The predicted octanol–water partition coefficient (Wildman–Crippen LogP) is 4.14. The largest absolute Gasteiger partial charge is 0.318 e. The first kappa shape index (κ1) is 19.7. The molecule has 0 spiro atoms. The molecule has 0 aliphatic rings. The number of ketones is 1. The van der Waals surface area contributed by atoms with E-state index in [9.17, 15) is 9.59 Å². The van der Waals surface area contributed by atoms with Crippen molar-refractivity contribution in [2.24, 2.45) is 0 Å². The normalized spacial score (nSPS) is 10.8. The van der Waals surface area contributed by atoms with Gasteiger partial charge >= 0.3 is 0 Å². The number of nitrogens with zero attached hydrogens (tertiary/aromatic N) is 4. The number of rotatable bonds is 5. The fourth-order valence-electron chi connectivity index (χ4n) is 3.24. The van der Waals surface area contributed by atoms with E-state index in [0.29, 0.717) is 16.3 Å². The molecule has 0 aliphatic carbocycles. The van der Waals surface area contributed by atoms with E-state index in [1.54, 1.807) is 24.5 Å². The van der Waals surface area contributed by atoms with Gasteiger partial charge in [0, 0.05) is 40.6 Å². The molecule has 0 atom stereocenters. The lowest BCUT2D eigenvalue weighted by Crippen LogP contribution is -2.23. The summed E-state index contributed by atoms with van der Waals surface area (Å²) in [6.07, 6.45) is 3.33. The van der Waals surface area contributed by atoms with Crippen LogP contribution in [-0.2, 0) is 4.79 Å². The molecule has 7 nitrogen and oxygen atoms in total. The first-order chi connectivity index (χ1) is 14.4. The first-order valence-corrected chi connectivity index (χ1v) is 10.1. The van der Waals surface area contributed by atoms with Gasteiger partial charge in [0.25, 0.3) is 11.7 Å². The molecule has 150 valence electrons. The Bertz CT molecular complexity index is 1230. The van der Waals surface area contributed by atoms with E-state index >= 15 is 0 Å². The maximum Gasteiger partial charge on any atom is 0.298 e. The number of benzene rings is 1. The van der Waals surface area contributed by atoms with Crippen LogP contribution in [-0.4, -0.2) is 31.4 Å². The van der Waals surface area contributed by atoms with Crippen molar-refractivity contribution in [1.29, 1.82) is 0 Å². The summed E-state index contributed by atoms with van der Waals surface area (Å²) in [5.41, 5.74) is 4.85. The molecule has 0 radical (unpaired) electrons. The Morgan fingerprint density at radius 3 is 2.50 bits per heavy atom. The van der Waals surface area contributed by atoms with Gasteiger partial charge in [0.05, 0.1) is 0 Å². The van der Waals surface area contributed by atoms with Crippen LogP contribution in [0.25, 0.3) is 16.3 Å². The summed E-state index contributed by atoms with van der Waals surface area (Å²) >= 11 is 1.19. The number of carbonyl (C=O) groups is 2. The Balaban J connectivity index is 1.55. The number of Topliss-reactive ketones (excluding diaryl/α,β-unsaturated/α-hetero) is 1. The monoisotopic (exact) mass is 417 g/mol. The van der Waals surface area contributed by atoms with Crippen LogP contribution in [0.1, 0.15) is 27.3 Å². The number of nitrogens with one attached hydrogen (secondary N) is 1. The van der Waals surface area contributed by atoms with Gasteiger partial charge in [0.15, 0.2) is 5.01 Å². The lowest BCUT2D eigenvalue weighted by atomic mass is 10.1. The Morgan fingerprint density at radius 2 is 1.80 bits per heavy atom. The highest BCUT2D eigenvalue weighted by atomic mass is 32.1. The zero-order valence-electron chi connectivity index (χ0n) is 16.7. The van der Waals surface area contributed by atoms with E-state index < -0.39 is 11.7 Å². The molecule has 3 aromatic heterocycles. The number of anilines is 1. The van der Waals surface area contributed by atoms with Gasteiger partial charge in [0.2, 0.25) is 5.13 Å². The van der Waals surface area contributed by atoms with Crippen molar-refractivity contribution in [2.45, 2.75) is 20.8 Å². The number of pyridine rings is 1. The highest BCUT2D eigenvalue weighted by molar-refractivity contribution is 7.18. The van der Waals surface area contributed by atoms with Crippen molar-refractivity contribution in [2.75, 3.05) is 5.32 Å². The molecule has 0 unspecified atom stereocenters. The van der Waals surface area contributed by atoms with Crippen LogP contribution < -0.4 is 5.32 Å². The predicted molar refractivity (Wildman–Crippen MR) is 116 cm³/mol. The summed E-state index contributed by atoms with van der Waals surface area (Å²) in [4.78, 5) is 29.4. The van der Waals surface area contributed by atoms with Gasteiger partial charge in [-0.1, -0.05) is 29.0 Å². The number of hydrogen-bond donors (Lipinski definition) is 1. The summed E-state index contributed by atoms with van der Waals surface area (Å²) in [6.45, 7) is 5.76. The third-order valence-corrected chi connectivity index (χ3v) is 5.62. The van der Waals surface area contributed by atoms with Crippen LogP contribution in [0, 0.1) is 20.8 Å². The van der Waals surface area contributed by atoms with Crippen molar-refractivity contribution in [3.63, 3.8) is 0 Å². The van der Waals surface area contributed by atoms with Crippen LogP contribution >= 0.6 is 11.3 Å². The minimum Gasteiger partial charge on any atom is -0.318 e. The second-order valence-corrected chi connectivity index (χ2v) is 7.87. The number of aromatic nitrogens is 4. The van der Waals surface area contributed by atoms with E-state index in [4.69, 9.17) is 0 Å². The molecule has 0 saturated heterocycles. The standard InChI is InChI=1S/C22H19N5O2S/c1-13-6-8-17(9-7-13)27-14(2)11-18(15(27)3)19(28)20(29)24-22-26-25-21(30-22)16-5-4-10-23-12-16/h4-12H,1-3H3,(H,24,26,29). The quantitative estimate of drug-likeness (QED) is 0.389. The molecule has 30 heavy (non-hydrogen) atoms. The Labute approximate surface area is 177 Å². The van der Waals surface area contributed by atoms with E-state index in [-0.39, 0.29) is 5.13 Å². The van der Waals surface area contributed by atoms with Crippen molar-refractivity contribution in [3.05, 3.63) is 77.4 Å². The maximum absolute atomic E-state index is 12.8. The molecule has 3 heterocycles. The van der Waals surface area contributed by atoms with Crippen LogP contribution in [0.5, 0.6) is 0 Å². The highest BCUT2D eigenvalue weighted by Crippen LogP contribution is 2.26. The van der Waals surface area contributed by atoms with Gasteiger partial charge in [-0.2, -0.15) is 0 Å². The zero-order valence-corrected chi connectivity index (χ0v) is 17.5. The SMILES string of the molecule is Cc1ccc(-n2c(C)cc(C(=O)C(=O)Nc3nnc(-c4cccnc4)s3)c2C)cc1. The van der Waals surface area contributed by atoms with Crippen LogP contribution in [0.4, 0.5) is 5.13 Å². The molecule has 4 aromatic rings. The molecule has 0 fully saturated rings. The highest BCUT2D eigenvalue weighted by Gasteiger charge is 2.24. The van der Waals surface area contributed by atoms with Gasteiger partial charge in [-0.3, -0.25) is 19.9 Å². The lowest BCUT2D eigenvalue weighted by molar-refractivity contribution is -0.112. The van der Waals surface area contributed by atoms with E-state index in [2.05, 4.69) is 20.5 Å². The lowest BCUT2D eigenvalue weighted by Gasteiger charge is -2.10. The Hall–Kier alpha value is -3.65. The van der Waals surface area contributed by atoms with Crippen molar-refractivity contribution in [3.8, 4) is 16.3 Å². The van der Waals surface area contributed by atoms with Crippen LogP contribution in [0.15, 0.2) is 54.9 Å².